The number of hydrogen-bond donors (Lipinski definition) is 2. The summed E-state index contributed by atoms with van der Waals surface area (Å²) < 4.78 is 81.7. The molecule has 16 heteroatoms. The van der Waals surface area contributed by atoms with Crippen molar-refractivity contribution in [2.75, 3.05) is 0 Å². The van der Waals surface area contributed by atoms with Crippen molar-refractivity contribution in [3.05, 3.63) is 81.3 Å². The summed E-state index contributed by atoms with van der Waals surface area (Å²) in [7, 11) is 0. The van der Waals surface area contributed by atoms with Gasteiger partial charge in [-0.05, 0) is 36.4 Å². The van der Waals surface area contributed by atoms with Gasteiger partial charge in [0.05, 0.1) is 17.8 Å². The van der Waals surface area contributed by atoms with Crippen molar-refractivity contribution in [2.24, 2.45) is 0 Å². The fraction of sp³-hybridized carbons (Fsp3) is 0.273. The number of aliphatic hydroxyl groups excluding tert-OH is 2. The molecule has 2 heterocycles. The van der Waals surface area contributed by atoms with E-state index in [-0.39, 0.29) is 23.0 Å². The Labute approximate surface area is 214 Å². The van der Waals surface area contributed by atoms with Gasteiger partial charge in [-0.15, -0.1) is 10.2 Å². The molecule has 0 saturated carbocycles. The average Bonchev–Trinajstić information content (AvgIpc) is 3.40. The van der Waals surface area contributed by atoms with Gasteiger partial charge in [-0.25, -0.2) is 19.1 Å². The van der Waals surface area contributed by atoms with Crippen LogP contribution < -0.4 is 5.69 Å². The summed E-state index contributed by atoms with van der Waals surface area (Å²) in [6.45, 7) is -2.55. The predicted molar refractivity (Wildman–Crippen MR) is 120 cm³/mol. The van der Waals surface area contributed by atoms with Crippen LogP contribution in [-0.4, -0.2) is 51.6 Å². The summed E-state index contributed by atoms with van der Waals surface area (Å²) in [6.07, 6.45) is -12.7. The molecule has 0 fully saturated rings. The summed E-state index contributed by atoms with van der Waals surface area (Å²) >= 11 is 5.85. The summed E-state index contributed by atoms with van der Waals surface area (Å²) in [6, 6.07) is 10.0. The highest BCUT2D eigenvalue weighted by Gasteiger charge is 2.39. The van der Waals surface area contributed by atoms with Crippen molar-refractivity contribution >= 4 is 11.6 Å². The van der Waals surface area contributed by atoms with E-state index in [9.17, 15) is 41.4 Å². The Balaban J connectivity index is 1.77. The van der Waals surface area contributed by atoms with E-state index >= 15 is 0 Å². The molecule has 4 rings (SSSR count). The molecule has 0 spiro atoms. The van der Waals surface area contributed by atoms with Gasteiger partial charge in [0.15, 0.2) is 23.6 Å². The summed E-state index contributed by atoms with van der Waals surface area (Å²) in [5.41, 5.74) is -2.36. The number of para-hydroxylation sites is 1. The molecule has 38 heavy (non-hydrogen) atoms. The molecule has 0 bridgehead atoms. The molecule has 2 N–H and O–H groups in total. The Kier molecular flexibility index (Phi) is 7.36. The van der Waals surface area contributed by atoms with E-state index in [1.165, 1.54) is 36.4 Å². The minimum absolute atomic E-state index is 0.202. The SMILES string of the molecule is O=c1n(Cc2nc(CO)n(-c3ccccc3C(F)(F)F)n2)nc(-c2ccc(Cl)cc2)n1C[C@H](O)C(F)(F)F. The Bertz CT molecular complexity index is 1490. The summed E-state index contributed by atoms with van der Waals surface area (Å²) in [5, 5.41) is 27.6. The molecule has 0 aliphatic heterocycles. The Hall–Kier alpha value is -3.69. The van der Waals surface area contributed by atoms with Crippen LogP contribution in [0, 0.1) is 0 Å². The van der Waals surface area contributed by atoms with E-state index in [0.29, 0.717) is 14.3 Å². The number of aliphatic hydroxyl groups is 2. The van der Waals surface area contributed by atoms with Crippen molar-refractivity contribution in [3.63, 3.8) is 0 Å². The predicted octanol–water partition coefficient (Wildman–Crippen LogP) is 3.43. The number of rotatable bonds is 7. The minimum Gasteiger partial charge on any atom is -0.388 e. The third-order valence-electron chi connectivity index (χ3n) is 5.35. The zero-order valence-corrected chi connectivity index (χ0v) is 19.7. The van der Waals surface area contributed by atoms with E-state index < -0.39 is 55.1 Å². The second-order valence-corrected chi connectivity index (χ2v) is 8.40. The fourth-order valence-corrected chi connectivity index (χ4v) is 3.71. The lowest BCUT2D eigenvalue weighted by molar-refractivity contribution is -0.207. The largest absolute Gasteiger partial charge is 0.418 e. The second kappa shape index (κ2) is 10.2. The van der Waals surface area contributed by atoms with Crippen LogP contribution in [0.5, 0.6) is 0 Å². The fourth-order valence-electron chi connectivity index (χ4n) is 3.58. The first-order valence-electron chi connectivity index (χ1n) is 10.7. The smallest absolute Gasteiger partial charge is 0.388 e. The molecule has 0 radical (unpaired) electrons. The highest BCUT2D eigenvalue weighted by Crippen LogP contribution is 2.34. The second-order valence-electron chi connectivity index (χ2n) is 7.97. The van der Waals surface area contributed by atoms with Crippen LogP contribution in [0.2, 0.25) is 5.02 Å². The highest BCUT2D eigenvalue weighted by molar-refractivity contribution is 6.30. The summed E-state index contributed by atoms with van der Waals surface area (Å²) in [5.74, 6) is -0.773. The van der Waals surface area contributed by atoms with Crippen molar-refractivity contribution in [3.8, 4) is 17.1 Å². The van der Waals surface area contributed by atoms with Crippen LogP contribution in [0.4, 0.5) is 26.3 Å². The maximum atomic E-state index is 13.5. The van der Waals surface area contributed by atoms with Gasteiger partial charge in [0, 0.05) is 10.6 Å². The third-order valence-corrected chi connectivity index (χ3v) is 5.60. The van der Waals surface area contributed by atoms with Gasteiger partial charge >= 0.3 is 18.0 Å². The molecule has 0 saturated heterocycles. The number of hydrogen-bond acceptors (Lipinski definition) is 6. The molecular weight excluding hydrogens is 546 g/mol. The van der Waals surface area contributed by atoms with Crippen LogP contribution in [0.1, 0.15) is 17.2 Å². The number of halogens is 7. The maximum Gasteiger partial charge on any atom is 0.418 e. The molecule has 9 nitrogen and oxygen atoms in total. The topological polar surface area (TPSA) is 111 Å². The molecule has 0 aliphatic carbocycles. The molecular formula is C22H17ClF6N6O3. The average molecular weight is 563 g/mol. The lowest BCUT2D eigenvalue weighted by Gasteiger charge is -2.15. The van der Waals surface area contributed by atoms with Crippen molar-refractivity contribution in [1.82, 2.24) is 29.1 Å². The zero-order chi connectivity index (χ0) is 27.8. The van der Waals surface area contributed by atoms with E-state index in [2.05, 4.69) is 15.2 Å². The van der Waals surface area contributed by atoms with E-state index in [1.54, 1.807) is 0 Å². The van der Waals surface area contributed by atoms with Gasteiger partial charge in [0.1, 0.15) is 13.2 Å². The number of aromatic nitrogens is 6. The van der Waals surface area contributed by atoms with E-state index in [4.69, 9.17) is 11.6 Å². The van der Waals surface area contributed by atoms with Gasteiger partial charge in [-0.3, -0.25) is 4.57 Å². The van der Waals surface area contributed by atoms with Crippen molar-refractivity contribution in [1.29, 1.82) is 0 Å². The number of alkyl halides is 6. The summed E-state index contributed by atoms with van der Waals surface area (Å²) in [4.78, 5) is 17.0. The maximum absolute atomic E-state index is 13.5. The lowest BCUT2D eigenvalue weighted by atomic mass is 10.1. The van der Waals surface area contributed by atoms with Crippen LogP contribution >= 0.6 is 11.6 Å². The monoisotopic (exact) mass is 562 g/mol. The van der Waals surface area contributed by atoms with Crippen LogP contribution in [0.3, 0.4) is 0 Å². The number of nitrogens with zero attached hydrogens (tertiary/aromatic N) is 6. The van der Waals surface area contributed by atoms with E-state index in [0.717, 1.165) is 16.8 Å². The Morgan fingerprint density at radius 1 is 0.974 bits per heavy atom. The van der Waals surface area contributed by atoms with Gasteiger partial charge in [-0.2, -0.15) is 26.3 Å². The Morgan fingerprint density at radius 2 is 1.63 bits per heavy atom. The van der Waals surface area contributed by atoms with E-state index in [1.807, 2.05) is 0 Å². The molecule has 0 unspecified atom stereocenters. The molecule has 2 aromatic carbocycles. The zero-order valence-electron chi connectivity index (χ0n) is 18.9. The van der Waals surface area contributed by atoms with Gasteiger partial charge < -0.3 is 10.2 Å². The van der Waals surface area contributed by atoms with Crippen LogP contribution in [0.15, 0.2) is 53.3 Å². The molecule has 2 aromatic heterocycles. The first-order chi connectivity index (χ1) is 17.8. The first-order valence-corrected chi connectivity index (χ1v) is 11.1. The first kappa shape index (κ1) is 27.3. The van der Waals surface area contributed by atoms with Crippen molar-refractivity contribution in [2.45, 2.75) is 38.2 Å². The highest BCUT2D eigenvalue weighted by atomic mass is 35.5. The van der Waals surface area contributed by atoms with Gasteiger partial charge in [0.2, 0.25) is 0 Å². The van der Waals surface area contributed by atoms with Gasteiger partial charge in [-0.1, -0.05) is 23.7 Å². The van der Waals surface area contributed by atoms with Crippen LogP contribution in [0.25, 0.3) is 17.1 Å². The Morgan fingerprint density at radius 3 is 2.24 bits per heavy atom. The quantitative estimate of drug-likeness (QED) is 0.334. The van der Waals surface area contributed by atoms with Crippen LogP contribution in [-0.2, 0) is 25.9 Å². The van der Waals surface area contributed by atoms with Crippen molar-refractivity contribution < 1.29 is 36.6 Å². The van der Waals surface area contributed by atoms with Gasteiger partial charge in [0.25, 0.3) is 0 Å². The molecule has 4 aromatic rings. The molecule has 0 aliphatic rings. The molecule has 202 valence electrons. The standard InChI is InChI=1S/C22H17ClF6N6O3/c23-13-7-5-12(6-8-13)19-32-34(20(38)33(19)9-16(37)22(27,28)29)10-17-30-18(11-36)35(31-17)15-4-2-1-3-14(15)21(24,25)26/h1-8,16,36-37H,9-11H2/t16-/m0/s1. The third kappa shape index (κ3) is 5.58. The number of benzene rings is 2. The molecule has 1 atom stereocenters. The normalized spacial score (nSPS) is 13.2. The molecule has 0 amide bonds. The minimum atomic E-state index is -5.03. The lowest BCUT2D eigenvalue weighted by Crippen LogP contribution is -2.37.